The van der Waals surface area contributed by atoms with Crippen LogP contribution >= 0.6 is 0 Å². The largest absolute Gasteiger partial charge is 0.326 e. The average Bonchev–Trinajstić information content (AvgIpc) is 3.22. The van der Waals surface area contributed by atoms with Gasteiger partial charge in [-0.05, 0) is 36.9 Å². The molecule has 0 aromatic heterocycles. The lowest BCUT2D eigenvalue weighted by molar-refractivity contribution is -0.117. The third-order valence-electron chi connectivity index (χ3n) is 3.54. The predicted molar refractivity (Wildman–Crippen MR) is 77.8 cm³/mol. The lowest BCUT2D eigenvalue weighted by Gasteiger charge is -2.20. The van der Waals surface area contributed by atoms with Crippen LogP contribution in [0, 0.1) is 5.92 Å². The number of carbonyl (C=O) groups is 1. The molecule has 2 rings (SSSR count). The van der Waals surface area contributed by atoms with Gasteiger partial charge in [0.2, 0.25) is 5.91 Å². The molecule has 1 saturated carbocycles. The minimum absolute atomic E-state index is 0.0448. The number of benzene rings is 1. The maximum Gasteiger partial charge on any atom is 0.238 e. The van der Waals surface area contributed by atoms with E-state index < -0.39 is 0 Å². The topological polar surface area (TPSA) is 58.4 Å². The quantitative estimate of drug-likeness (QED) is 0.787. The van der Waals surface area contributed by atoms with Gasteiger partial charge in [0.15, 0.2) is 0 Å². The first-order valence-corrected chi connectivity index (χ1v) is 7.03. The van der Waals surface area contributed by atoms with Crippen molar-refractivity contribution in [2.45, 2.75) is 26.3 Å². The molecule has 0 spiro atoms. The molecule has 1 fully saturated rings. The Kier molecular flexibility index (Phi) is 4.93. The number of rotatable bonds is 7. The Balaban J connectivity index is 1.88. The van der Waals surface area contributed by atoms with Gasteiger partial charge in [-0.2, -0.15) is 0 Å². The summed E-state index contributed by atoms with van der Waals surface area (Å²) >= 11 is 0. The third-order valence-corrected chi connectivity index (χ3v) is 3.54. The summed E-state index contributed by atoms with van der Waals surface area (Å²) < 4.78 is 0. The summed E-state index contributed by atoms with van der Waals surface area (Å²) in [6.45, 7) is 4.97. The molecule has 0 saturated heterocycles. The van der Waals surface area contributed by atoms with Crippen molar-refractivity contribution in [3.63, 3.8) is 0 Å². The number of likely N-dealkylation sites (N-methyl/N-ethyl adjacent to an activating group) is 1. The molecule has 0 heterocycles. The molecule has 4 heteroatoms. The molecule has 4 nitrogen and oxygen atoms in total. The lowest BCUT2D eigenvalue weighted by atomic mass is 10.2. The van der Waals surface area contributed by atoms with E-state index in [-0.39, 0.29) is 5.91 Å². The van der Waals surface area contributed by atoms with Crippen molar-refractivity contribution >= 4 is 11.6 Å². The van der Waals surface area contributed by atoms with Crippen LogP contribution in [0.25, 0.3) is 0 Å². The summed E-state index contributed by atoms with van der Waals surface area (Å²) in [4.78, 5) is 14.3. The van der Waals surface area contributed by atoms with Gasteiger partial charge in [-0.3, -0.25) is 9.69 Å². The number of para-hydroxylation sites is 1. The Morgan fingerprint density at radius 2 is 2.16 bits per heavy atom. The van der Waals surface area contributed by atoms with Crippen molar-refractivity contribution in [2.75, 3.05) is 25.0 Å². The van der Waals surface area contributed by atoms with E-state index in [0.717, 1.165) is 30.3 Å². The zero-order valence-corrected chi connectivity index (χ0v) is 11.6. The highest BCUT2D eigenvalue weighted by Gasteiger charge is 2.24. The van der Waals surface area contributed by atoms with Crippen molar-refractivity contribution in [3.8, 4) is 0 Å². The zero-order valence-electron chi connectivity index (χ0n) is 11.6. The van der Waals surface area contributed by atoms with E-state index in [1.807, 2.05) is 24.3 Å². The highest BCUT2D eigenvalue weighted by atomic mass is 16.2. The van der Waals surface area contributed by atoms with Crippen LogP contribution in [0.5, 0.6) is 0 Å². The molecule has 0 atom stereocenters. The maximum atomic E-state index is 12.1. The minimum Gasteiger partial charge on any atom is -0.326 e. The normalized spacial score (nSPS) is 14.7. The van der Waals surface area contributed by atoms with Gasteiger partial charge in [-0.1, -0.05) is 25.1 Å². The molecule has 1 amide bonds. The first-order valence-electron chi connectivity index (χ1n) is 7.03. The zero-order chi connectivity index (χ0) is 13.7. The maximum absolute atomic E-state index is 12.1. The molecule has 0 unspecified atom stereocenters. The fourth-order valence-corrected chi connectivity index (χ4v) is 2.18. The van der Waals surface area contributed by atoms with Crippen molar-refractivity contribution in [2.24, 2.45) is 11.7 Å². The second-order valence-electron chi connectivity index (χ2n) is 5.18. The average molecular weight is 261 g/mol. The minimum atomic E-state index is 0.0448. The Morgan fingerprint density at radius 3 is 2.79 bits per heavy atom. The van der Waals surface area contributed by atoms with Crippen LogP contribution in [0.3, 0.4) is 0 Å². The van der Waals surface area contributed by atoms with Crippen LogP contribution in [-0.2, 0) is 11.3 Å². The van der Waals surface area contributed by atoms with Crippen molar-refractivity contribution in [3.05, 3.63) is 29.8 Å². The Bertz CT molecular complexity index is 429. The smallest absolute Gasteiger partial charge is 0.238 e. The number of nitrogens with zero attached hydrogens (tertiary/aromatic N) is 1. The van der Waals surface area contributed by atoms with E-state index in [9.17, 15) is 4.79 Å². The highest BCUT2D eigenvalue weighted by molar-refractivity contribution is 5.92. The highest BCUT2D eigenvalue weighted by Crippen LogP contribution is 2.29. The van der Waals surface area contributed by atoms with Gasteiger partial charge < -0.3 is 11.1 Å². The summed E-state index contributed by atoms with van der Waals surface area (Å²) in [5.41, 5.74) is 7.47. The molecule has 0 radical (unpaired) electrons. The van der Waals surface area contributed by atoms with Gasteiger partial charge in [0.05, 0.1) is 6.54 Å². The predicted octanol–water partition coefficient (Wildman–Crippen LogP) is 1.82. The summed E-state index contributed by atoms with van der Waals surface area (Å²) in [6, 6.07) is 7.69. The molecule has 1 aliphatic rings. The van der Waals surface area contributed by atoms with Crippen LogP contribution in [0.4, 0.5) is 5.69 Å². The third kappa shape index (κ3) is 4.33. The molecule has 19 heavy (non-hydrogen) atoms. The van der Waals surface area contributed by atoms with Crippen LogP contribution in [0.1, 0.15) is 25.3 Å². The summed E-state index contributed by atoms with van der Waals surface area (Å²) in [6.07, 6.45) is 2.63. The van der Waals surface area contributed by atoms with Crippen LogP contribution < -0.4 is 11.1 Å². The van der Waals surface area contributed by atoms with Crippen LogP contribution in [0.2, 0.25) is 0 Å². The second kappa shape index (κ2) is 6.68. The second-order valence-corrected chi connectivity index (χ2v) is 5.18. The number of nitrogens with one attached hydrogen (secondary N) is 1. The first-order chi connectivity index (χ1) is 9.22. The van der Waals surface area contributed by atoms with Gasteiger partial charge in [0, 0.05) is 18.8 Å². The van der Waals surface area contributed by atoms with Gasteiger partial charge in [0.25, 0.3) is 0 Å². The lowest BCUT2D eigenvalue weighted by Crippen LogP contribution is -2.34. The fraction of sp³-hybridized carbons (Fsp3) is 0.533. The van der Waals surface area contributed by atoms with E-state index in [1.54, 1.807) is 0 Å². The van der Waals surface area contributed by atoms with E-state index in [2.05, 4.69) is 17.1 Å². The molecule has 1 aliphatic carbocycles. The van der Waals surface area contributed by atoms with Crippen LogP contribution in [-0.4, -0.2) is 30.4 Å². The molecule has 1 aromatic carbocycles. The number of nitrogens with two attached hydrogens (primary N) is 1. The number of carbonyl (C=O) groups excluding carboxylic acids is 1. The Morgan fingerprint density at radius 1 is 1.42 bits per heavy atom. The standard InChI is InChI=1S/C15H23N3O/c1-2-18(10-12-7-8-12)11-15(19)17-14-6-4-3-5-13(14)9-16/h3-6,12H,2,7-11,16H2,1H3,(H,17,19). The van der Waals surface area contributed by atoms with Crippen molar-refractivity contribution < 1.29 is 4.79 Å². The molecular formula is C15H23N3O. The number of hydrogen-bond donors (Lipinski definition) is 2. The van der Waals surface area contributed by atoms with Gasteiger partial charge in [0.1, 0.15) is 0 Å². The van der Waals surface area contributed by atoms with Gasteiger partial charge in [-0.25, -0.2) is 0 Å². The van der Waals surface area contributed by atoms with E-state index in [4.69, 9.17) is 5.73 Å². The summed E-state index contributed by atoms with van der Waals surface area (Å²) in [7, 11) is 0. The number of amides is 1. The number of hydrogen-bond acceptors (Lipinski definition) is 3. The molecule has 0 bridgehead atoms. The molecule has 0 aliphatic heterocycles. The van der Waals surface area contributed by atoms with Crippen LogP contribution in [0.15, 0.2) is 24.3 Å². The van der Waals surface area contributed by atoms with E-state index in [1.165, 1.54) is 12.8 Å². The van der Waals surface area contributed by atoms with Gasteiger partial charge in [-0.15, -0.1) is 0 Å². The monoisotopic (exact) mass is 261 g/mol. The summed E-state index contributed by atoms with van der Waals surface area (Å²) in [5, 5.41) is 2.96. The molecular weight excluding hydrogens is 238 g/mol. The molecule has 104 valence electrons. The molecule has 3 N–H and O–H groups in total. The van der Waals surface area contributed by atoms with Gasteiger partial charge >= 0.3 is 0 Å². The summed E-state index contributed by atoms with van der Waals surface area (Å²) in [5.74, 6) is 0.854. The Hall–Kier alpha value is -1.39. The first kappa shape index (κ1) is 14.0. The SMILES string of the molecule is CCN(CC(=O)Nc1ccccc1CN)CC1CC1. The Labute approximate surface area is 115 Å². The number of anilines is 1. The van der Waals surface area contributed by atoms with E-state index >= 15 is 0 Å². The molecule has 1 aromatic rings. The van der Waals surface area contributed by atoms with E-state index in [0.29, 0.717) is 13.1 Å². The van der Waals surface area contributed by atoms with Crippen molar-refractivity contribution in [1.29, 1.82) is 0 Å². The van der Waals surface area contributed by atoms with Crippen molar-refractivity contribution in [1.82, 2.24) is 4.90 Å². The fourth-order valence-electron chi connectivity index (χ4n) is 2.18.